The average molecular weight is 408 g/mol. The molecule has 0 aromatic carbocycles. The molecule has 9 heteroatoms. The third-order valence-corrected chi connectivity index (χ3v) is 6.82. The second-order valence-electron chi connectivity index (χ2n) is 7.06. The van der Waals surface area contributed by atoms with Crippen LogP contribution in [0.2, 0.25) is 0 Å². The molecule has 7 nitrogen and oxygen atoms in total. The van der Waals surface area contributed by atoms with Crippen LogP contribution in [0.15, 0.2) is 9.64 Å². The fourth-order valence-corrected chi connectivity index (χ4v) is 5.21. The Morgan fingerprint density at radius 3 is 2.89 bits per heavy atom. The van der Waals surface area contributed by atoms with Gasteiger partial charge in [0.15, 0.2) is 0 Å². The maximum absolute atomic E-state index is 12.4. The van der Waals surface area contributed by atoms with Crippen LogP contribution in [0, 0.1) is 5.92 Å². The molecule has 1 N–H and O–H groups in total. The van der Waals surface area contributed by atoms with Crippen LogP contribution in [0.3, 0.4) is 0 Å². The van der Waals surface area contributed by atoms with E-state index in [2.05, 4.69) is 22.4 Å². The van der Waals surface area contributed by atoms with Gasteiger partial charge in [0.25, 0.3) is 5.22 Å². The number of anilines is 1. The van der Waals surface area contributed by atoms with Crippen molar-refractivity contribution in [2.45, 2.75) is 50.2 Å². The predicted molar refractivity (Wildman–Crippen MR) is 102 cm³/mol. The van der Waals surface area contributed by atoms with E-state index >= 15 is 0 Å². The second-order valence-corrected chi connectivity index (χ2v) is 9.10. The molecule has 2 aromatic rings. The minimum atomic E-state index is -0.393. The Labute approximate surface area is 165 Å². The van der Waals surface area contributed by atoms with E-state index in [-0.39, 0.29) is 11.7 Å². The van der Waals surface area contributed by atoms with Gasteiger partial charge in [0.2, 0.25) is 11.8 Å². The second kappa shape index (κ2) is 7.63. The van der Waals surface area contributed by atoms with Crippen LogP contribution in [0.4, 0.5) is 5.00 Å². The lowest BCUT2D eigenvalue weighted by Crippen LogP contribution is -2.17. The van der Waals surface area contributed by atoms with E-state index in [9.17, 15) is 9.59 Å². The van der Waals surface area contributed by atoms with Gasteiger partial charge in [-0.1, -0.05) is 18.7 Å². The molecular weight excluding hydrogens is 386 g/mol. The number of rotatable bonds is 6. The Balaban J connectivity index is 1.44. The Morgan fingerprint density at radius 2 is 2.15 bits per heavy atom. The maximum atomic E-state index is 12.4. The molecule has 0 radical (unpaired) electrons. The van der Waals surface area contributed by atoms with Crippen LogP contribution in [0.25, 0.3) is 0 Å². The zero-order chi connectivity index (χ0) is 19.0. The van der Waals surface area contributed by atoms with Gasteiger partial charge in [0.1, 0.15) is 5.00 Å². The fraction of sp³-hybridized carbons (Fsp3) is 0.556. The lowest BCUT2D eigenvalue weighted by Gasteiger charge is -2.18. The standard InChI is InChI=1S/C18H21N3O4S2/c1-9-3-6-11-12(7-9)27-16(14(11)17(23)24-2)19-13(22)8-26-18-21-20-15(25-18)10-4-5-10/h9-10H,3-8H2,1-2H3,(H,19,22)/t9-/m1/s1. The predicted octanol–water partition coefficient (Wildman–Crippen LogP) is 3.65. The van der Waals surface area contributed by atoms with Crippen LogP contribution in [0.5, 0.6) is 0 Å². The minimum absolute atomic E-state index is 0.145. The molecular formula is C18H21N3O4S2. The van der Waals surface area contributed by atoms with Crippen molar-refractivity contribution in [3.8, 4) is 0 Å². The third-order valence-electron chi connectivity index (χ3n) is 4.83. The van der Waals surface area contributed by atoms with Crippen LogP contribution in [-0.2, 0) is 22.4 Å². The average Bonchev–Trinajstić information content (AvgIpc) is 3.29. The highest BCUT2D eigenvalue weighted by Crippen LogP contribution is 2.41. The van der Waals surface area contributed by atoms with Crippen molar-refractivity contribution in [1.82, 2.24) is 10.2 Å². The quantitative estimate of drug-likeness (QED) is 0.577. The molecule has 0 spiro atoms. The molecule has 0 unspecified atom stereocenters. The largest absolute Gasteiger partial charge is 0.465 e. The third kappa shape index (κ3) is 4.03. The molecule has 2 aromatic heterocycles. The summed E-state index contributed by atoms with van der Waals surface area (Å²) in [5.41, 5.74) is 1.54. The van der Waals surface area contributed by atoms with E-state index in [1.807, 2.05) is 0 Å². The summed E-state index contributed by atoms with van der Waals surface area (Å²) in [7, 11) is 1.37. The van der Waals surface area contributed by atoms with Gasteiger partial charge in [0, 0.05) is 10.8 Å². The van der Waals surface area contributed by atoms with Gasteiger partial charge in [-0.15, -0.1) is 21.5 Å². The van der Waals surface area contributed by atoms with Crippen molar-refractivity contribution >= 4 is 40.0 Å². The van der Waals surface area contributed by atoms with E-state index < -0.39 is 5.97 Å². The lowest BCUT2D eigenvalue weighted by molar-refractivity contribution is -0.113. The summed E-state index contributed by atoms with van der Waals surface area (Å²) in [6.07, 6.45) is 4.99. The SMILES string of the molecule is COC(=O)c1c(NC(=O)CSc2nnc(C3CC3)o2)sc2c1CC[C@@H](C)C2. The van der Waals surface area contributed by atoms with Crippen molar-refractivity contribution in [3.05, 3.63) is 21.9 Å². The normalized spacial score (nSPS) is 18.8. The van der Waals surface area contributed by atoms with Crippen molar-refractivity contribution in [3.63, 3.8) is 0 Å². The summed E-state index contributed by atoms with van der Waals surface area (Å²) in [5, 5.41) is 11.8. The molecule has 0 saturated heterocycles. The first-order valence-electron chi connectivity index (χ1n) is 9.04. The summed E-state index contributed by atoms with van der Waals surface area (Å²) >= 11 is 2.69. The Kier molecular flexibility index (Phi) is 5.23. The number of nitrogens with zero attached hydrogens (tertiary/aromatic N) is 2. The van der Waals surface area contributed by atoms with Gasteiger partial charge in [0.05, 0.1) is 18.4 Å². The number of methoxy groups -OCH3 is 1. The van der Waals surface area contributed by atoms with E-state index in [0.717, 1.165) is 37.7 Å². The van der Waals surface area contributed by atoms with Crippen molar-refractivity contribution in [2.75, 3.05) is 18.2 Å². The molecule has 1 amide bonds. The topological polar surface area (TPSA) is 94.3 Å². The first-order chi connectivity index (χ1) is 13.0. The smallest absolute Gasteiger partial charge is 0.341 e. The van der Waals surface area contributed by atoms with Gasteiger partial charge in [-0.2, -0.15) is 0 Å². The number of thiophene rings is 1. The number of hydrogen-bond donors (Lipinski definition) is 1. The molecule has 2 heterocycles. The van der Waals surface area contributed by atoms with Crippen LogP contribution < -0.4 is 5.32 Å². The summed E-state index contributed by atoms with van der Waals surface area (Å²) in [5.74, 6) is 1.18. The molecule has 1 saturated carbocycles. The van der Waals surface area contributed by atoms with Crippen molar-refractivity contribution in [2.24, 2.45) is 5.92 Å². The molecule has 2 aliphatic rings. The number of carbonyl (C=O) groups is 2. The minimum Gasteiger partial charge on any atom is -0.465 e. The first-order valence-corrected chi connectivity index (χ1v) is 10.8. The molecule has 1 fully saturated rings. The van der Waals surface area contributed by atoms with E-state index in [1.54, 1.807) is 0 Å². The molecule has 2 aliphatic carbocycles. The number of amides is 1. The molecule has 1 atom stereocenters. The van der Waals surface area contributed by atoms with Gasteiger partial charge in [-0.05, 0) is 43.6 Å². The van der Waals surface area contributed by atoms with E-state index in [4.69, 9.17) is 9.15 Å². The summed E-state index contributed by atoms with van der Waals surface area (Å²) in [6, 6.07) is 0. The van der Waals surface area contributed by atoms with Crippen molar-refractivity contribution in [1.29, 1.82) is 0 Å². The number of nitrogens with one attached hydrogen (secondary N) is 1. The van der Waals surface area contributed by atoms with Crippen molar-refractivity contribution < 1.29 is 18.7 Å². The number of ether oxygens (including phenoxy) is 1. The highest BCUT2D eigenvalue weighted by molar-refractivity contribution is 7.99. The van der Waals surface area contributed by atoms with Gasteiger partial charge in [-0.3, -0.25) is 4.79 Å². The zero-order valence-electron chi connectivity index (χ0n) is 15.2. The van der Waals surface area contributed by atoms with E-state index in [1.165, 1.54) is 35.1 Å². The summed E-state index contributed by atoms with van der Waals surface area (Å²) in [4.78, 5) is 25.9. The number of hydrogen-bond acceptors (Lipinski definition) is 8. The maximum Gasteiger partial charge on any atom is 0.341 e. The fourth-order valence-electron chi connectivity index (χ4n) is 3.22. The Hall–Kier alpha value is -1.87. The number of esters is 1. The van der Waals surface area contributed by atoms with E-state index in [0.29, 0.717) is 33.5 Å². The number of carbonyl (C=O) groups excluding carboxylic acids is 2. The molecule has 27 heavy (non-hydrogen) atoms. The van der Waals surface area contributed by atoms with Gasteiger partial charge < -0.3 is 14.5 Å². The number of fused-ring (bicyclic) bond motifs is 1. The van der Waals surface area contributed by atoms with Gasteiger partial charge >= 0.3 is 5.97 Å². The highest BCUT2D eigenvalue weighted by Gasteiger charge is 2.30. The molecule has 0 bridgehead atoms. The number of aromatic nitrogens is 2. The Bertz CT molecular complexity index is 872. The zero-order valence-corrected chi connectivity index (χ0v) is 16.9. The molecule has 0 aliphatic heterocycles. The summed E-state index contributed by atoms with van der Waals surface area (Å²) < 4.78 is 10.5. The van der Waals surface area contributed by atoms with Crippen LogP contribution in [-0.4, -0.2) is 34.9 Å². The van der Waals surface area contributed by atoms with Crippen LogP contribution in [0.1, 0.15) is 58.8 Å². The summed E-state index contributed by atoms with van der Waals surface area (Å²) in [6.45, 7) is 2.20. The molecule has 4 rings (SSSR count). The first kappa shape index (κ1) is 18.5. The van der Waals surface area contributed by atoms with Crippen LogP contribution >= 0.6 is 23.1 Å². The molecule has 144 valence electrons. The Morgan fingerprint density at radius 1 is 1.33 bits per heavy atom. The van der Waals surface area contributed by atoms with Gasteiger partial charge in [-0.25, -0.2) is 4.79 Å². The number of thioether (sulfide) groups is 1. The monoisotopic (exact) mass is 407 g/mol. The lowest BCUT2D eigenvalue weighted by atomic mass is 9.88. The highest BCUT2D eigenvalue weighted by atomic mass is 32.2.